The molecule has 0 saturated carbocycles. The third-order valence-electron chi connectivity index (χ3n) is 4.06. The maximum absolute atomic E-state index is 9.74. The van der Waals surface area contributed by atoms with Gasteiger partial charge in [0.05, 0.1) is 0 Å². The number of nitrogens with one attached hydrogen (secondary N) is 1. The first-order valence-corrected chi connectivity index (χ1v) is 7.69. The van der Waals surface area contributed by atoms with Crippen LogP contribution in [0.4, 0.5) is 0 Å². The quantitative estimate of drug-likeness (QED) is 0.553. The Bertz CT molecular complexity index is 417. The van der Waals surface area contributed by atoms with Gasteiger partial charge in [-0.25, -0.2) is 0 Å². The van der Waals surface area contributed by atoms with Crippen molar-refractivity contribution in [1.82, 2.24) is 10.2 Å². The lowest BCUT2D eigenvalue weighted by molar-refractivity contribution is 0.162. The molecule has 1 heterocycles. The van der Waals surface area contributed by atoms with Crippen LogP contribution in [0.1, 0.15) is 44.2 Å². The van der Waals surface area contributed by atoms with Gasteiger partial charge in [-0.2, -0.15) is 0 Å². The normalized spacial score (nSPS) is 18.1. The number of hydrogen-bond acceptors (Lipinski definition) is 4. The zero-order valence-corrected chi connectivity index (χ0v) is 12.3. The van der Waals surface area contributed by atoms with Crippen LogP contribution in [0.3, 0.4) is 0 Å². The van der Waals surface area contributed by atoms with E-state index in [9.17, 15) is 10.2 Å². The lowest BCUT2D eigenvalue weighted by atomic mass is 9.97. The highest BCUT2D eigenvalue weighted by Gasteiger charge is 2.22. The number of benzene rings is 1. The fraction of sp³-hybridized carbons (Fsp3) is 0.625. The van der Waals surface area contributed by atoms with Gasteiger partial charge < -0.3 is 15.5 Å². The lowest BCUT2D eigenvalue weighted by Crippen LogP contribution is -2.45. The summed E-state index contributed by atoms with van der Waals surface area (Å²) in [7, 11) is 0. The van der Waals surface area contributed by atoms with Crippen LogP contribution in [0.15, 0.2) is 18.2 Å². The predicted octanol–water partition coefficient (Wildman–Crippen LogP) is 2.62. The molecule has 0 radical (unpaired) electrons. The molecule has 4 heteroatoms. The van der Waals surface area contributed by atoms with Crippen LogP contribution >= 0.6 is 0 Å². The zero-order valence-electron chi connectivity index (χ0n) is 12.3. The first kappa shape index (κ1) is 15.1. The van der Waals surface area contributed by atoms with Gasteiger partial charge in [0.25, 0.3) is 0 Å². The van der Waals surface area contributed by atoms with E-state index in [0.717, 1.165) is 38.2 Å². The first-order valence-electron chi connectivity index (χ1n) is 7.69. The SMILES string of the molecule is CCCCC[C@@H](c1ccc(O)c(O)c1)N1CCNCC1. The number of hydrogen-bond donors (Lipinski definition) is 3. The van der Waals surface area contributed by atoms with Crippen LogP contribution in [-0.4, -0.2) is 41.3 Å². The molecule has 0 spiro atoms. The monoisotopic (exact) mass is 278 g/mol. The first-order chi connectivity index (χ1) is 9.72. The minimum absolute atomic E-state index is 0.0156. The molecule has 1 aromatic carbocycles. The molecule has 112 valence electrons. The summed E-state index contributed by atoms with van der Waals surface area (Å²) in [5.74, 6) is -0.0560. The Morgan fingerprint density at radius 2 is 1.90 bits per heavy atom. The van der Waals surface area contributed by atoms with Crippen LogP contribution in [-0.2, 0) is 0 Å². The fourth-order valence-corrected chi connectivity index (χ4v) is 2.89. The van der Waals surface area contributed by atoms with Gasteiger partial charge in [-0.1, -0.05) is 32.3 Å². The molecule has 1 saturated heterocycles. The molecule has 2 rings (SSSR count). The molecule has 1 aromatic rings. The molecule has 0 bridgehead atoms. The van der Waals surface area contributed by atoms with Crippen LogP contribution in [0.5, 0.6) is 11.5 Å². The van der Waals surface area contributed by atoms with Crippen LogP contribution < -0.4 is 5.32 Å². The van der Waals surface area contributed by atoms with Gasteiger partial charge in [0, 0.05) is 32.2 Å². The number of piperazine rings is 1. The van der Waals surface area contributed by atoms with E-state index in [1.54, 1.807) is 12.1 Å². The predicted molar refractivity (Wildman–Crippen MR) is 81.1 cm³/mol. The lowest BCUT2D eigenvalue weighted by Gasteiger charge is -2.35. The Labute approximate surface area is 121 Å². The van der Waals surface area contributed by atoms with E-state index in [1.807, 2.05) is 6.07 Å². The minimum Gasteiger partial charge on any atom is -0.504 e. The van der Waals surface area contributed by atoms with E-state index < -0.39 is 0 Å². The number of nitrogens with zero attached hydrogens (tertiary/aromatic N) is 1. The van der Waals surface area contributed by atoms with Crippen molar-refractivity contribution in [2.75, 3.05) is 26.2 Å². The number of aromatic hydroxyl groups is 2. The zero-order chi connectivity index (χ0) is 14.4. The molecule has 1 atom stereocenters. The van der Waals surface area contributed by atoms with E-state index in [1.165, 1.54) is 19.3 Å². The topological polar surface area (TPSA) is 55.7 Å². The maximum Gasteiger partial charge on any atom is 0.157 e. The van der Waals surface area contributed by atoms with Gasteiger partial charge in [0.1, 0.15) is 0 Å². The van der Waals surface area contributed by atoms with Crippen molar-refractivity contribution in [3.63, 3.8) is 0 Å². The van der Waals surface area contributed by atoms with Gasteiger partial charge in [-0.05, 0) is 24.1 Å². The molecule has 0 amide bonds. The summed E-state index contributed by atoms with van der Waals surface area (Å²) in [5, 5.41) is 22.6. The largest absolute Gasteiger partial charge is 0.504 e. The van der Waals surface area contributed by atoms with Crippen molar-refractivity contribution in [2.24, 2.45) is 0 Å². The smallest absolute Gasteiger partial charge is 0.157 e. The highest BCUT2D eigenvalue weighted by Crippen LogP contribution is 2.33. The van der Waals surface area contributed by atoms with Gasteiger partial charge in [0.2, 0.25) is 0 Å². The molecular formula is C16H26N2O2. The van der Waals surface area contributed by atoms with Crippen molar-refractivity contribution in [3.8, 4) is 11.5 Å². The van der Waals surface area contributed by atoms with E-state index in [-0.39, 0.29) is 11.5 Å². The van der Waals surface area contributed by atoms with Crippen molar-refractivity contribution < 1.29 is 10.2 Å². The second-order valence-corrected chi connectivity index (χ2v) is 5.55. The molecule has 1 fully saturated rings. The summed E-state index contributed by atoms with van der Waals surface area (Å²) >= 11 is 0. The summed E-state index contributed by atoms with van der Waals surface area (Å²) in [5.41, 5.74) is 1.11. The molecular weight excluding hydrogens is 252 g/mol. The van der Waals surface area contributed by atoms with Crippen LogP contribution in [0.2, 0.25) is 0 Å². The summed E-state index contributed by atoms with van der Waals surface area (Å²) in [6.45, 7) is 6.34. The van der Waals surface area contributed by atoms with Crippen LogP contribution in [0.25, 0.3) is 0 Å². The average Bonchev–Trinajstić information content (AvgIpc) is 2.48. The second-order valence-electron chi connectivity index (χ2n) is 5.55. The van der Waals surface area contributed by atoms with Crippen molar-refractivity contribution >= 4 is 0 Å². The maximum atomic E-state index is 9.74. The van der Waals surface area contributed by atoms with E-state index in [4.69, 9.17) is 0 Å². The second kappa shape index (κ2) is 7.50. The van der Waals surface area contributed by atoms with Gasteiger partial charge in [-0.15, -0.1) is 0 Å². The molecule has 1 aliphatic rings. The number of phenolic OH excluding ortho intramolecular Hbond substituents is 2. The average molecular weight is 278 g/mol. The Balaban J connectivity index is 2.12. The van der Waals surface area contributed by atoms with Crippen LogP contribution in [0, 0.1) is 0 Å². The summed E-state index contributed by atoms with van der Waals surface area (Å²) in [6.07, 6.45) is 4.77. The van der Waals surface area contributed by atoms with Gasteiger partial charge in [-0.3, -0.25) is 4.90 Å². The third kappa shape index (κ3) is 3.87. The van der Waals surface area contributed by atoms with Crippen molar-refractivity contribution in [1.29, 1.82) is 0 Å². The molecule has 0 aromatic heterocycles. The molecule has 0 aliphatic carbocycles. The molecule has 3 N–H and O–H groups in total. The number of phenols is 2. The fourth-order valence-electron chi connectivity index (χ4n) is 2.89. The highest BCUT2D eigenvalue weighted by atomic mass is 16.3. The van der Waals surface area contributed by atoms with Crippen molar-refractivity contribution in [2.45, 2.75) is 38.6 Å². The minimum atomic E-state index is -0.0404. The summed E-state index contributed by atoms with van der Waals surface area (Å²) in [4.78, 5) is 2.48. The summed E-state index contributed by atoms with van der Waals surface area (Å²) < 4.78 is 0. The number of unbranched alkanes of at least 4 members (excludes halogenated alkanes) is 2. The molecule has 0 unspecified atom stereocenters. The number of rotatable bonds is 6. The molecule has 1 aliphatic heterocycles. The third-order valence-corrected chi connectivity index (χ3v) is 4.06. The Morgan fingerprint density at radius 3 is 2.55 bits per heavy atom. The van der Waals surface area contributed by atoms with Gasteiger partial charge >= 0.3 is 0 Å². The Morgan fingerprint density at radius 1 is 1.15 bits per heavy atom. The standard InChI is InChI=1S/C16H26N2O2/c1-2-3-4-5-14(18-10-8-17-9-11-18)13-6-7-15(19)16(20)12-13/h6-7,12,14,17,19-20H,2-5,8-11H2,1H3/t14-/m0/s1. The highest BCUT2D eigenvalue weighted by molar-refractivity contribution is 5.41. The van der Waals surface area contributed by atoms with E-state index >= 15 is 0 Å². The Hall–Kier alpha value is -1.26. The van der Waals surface area contributed by atoms with E-state index in [0.29, 0.717) is 6.04 Å². The molecule has 20 heavy (non-hydrogen) atoms. The van der Waals surface area contributed by atoms with Gasteiger partial charge in [0.15, 0.2) is 11.5 Å². The summed E-state index contributed by atoms with van der Waals surface area (Å²) in [6, 6.07) is 5.59. The molecule has 4 nitrogen and oxygen atoms in total. The Kier molecular flexibility index (Phi) is 5.68. The van der Waals surface area contributed by atoms with E-state index in [2.05, 4.69) is 17.1 Å². The van der Waals surface area contributed by atoms with Crippen molar-refractivity contribution in [3.05, 3.63) is 23.8 Å².